The van der Waals surface area contributed by atoms with Gasteiger partial charge in [-0.05, 0) is 37.9 Å². The van der Waals surface area contributed by atoms with Gasteiger partial charge in [-0.25, -0.2) is 0 Å². The third-order valence-electron chi connectivity index (χ3n) is 3.47. The molecule has 2 rings (SSSR count). The second-order valence-corrected chi connectivity index (χ2v) is 4.54. The first-order chi connectivity index (χ1) is 8.22. The van der Waals surface area contributed by atoms with Gasteiger partial charge in [0.05, 0.1) is 7.11 Å². The first-order valence-electron chi connectivity index (χ1n) is 6.05. The van der Waals surface area contributed by atoms with Crippen LogP contribution in [0.25, 0.3) is 0 Å². The second-order valence-electron chi connectivity index (χ2n) is 4.54. The molecule has 1 aromatic rings. The zero-order valence-corrected chi connectivity index (χ0v) is 10.1. The van der Waals surface area contributed by atoms with E-state index in [9.17, 15) is 5.11 Å². The van der Waals surface area contributed by atoms with Crippen LogP contribution in [0.3, 0.4) is 0 Å². The lowest BCUT2D eigenvalue weighted by molar-refractivity contribution is 0.313. The summed E-state index contributed by atoms with van der Waals surface area (Å²) in [6.45, 7) is 2.05. The van der Waals surface area contributed by atoms with E-state index in [-0.39, 0.29) is 11.8 Å². The van der Waals surface area contributed by atoms with Gasteiger partial charge in [0, 0.05) is 17.7 Å². The van der Waals surface area contributed by atoms with E-state index in [1.807, 2.05) is 6.07 Å². The minimum atomic E-state index is -0.0207. The van der Waals surface area contributed by atoms with E-state index in [2.05, 4.69) is 5.32 Å². The maximum absolute atomic E-state index is 9.43. The van der Waals surface area contributed by atoms with Crippen LogP contribution in [0.4, 0.5) is 0 Å². The Balaban J connectivity index is 2.19. The van der Waals surface area contributed by atoms with Crippen LogP contribution in [0.5, 0.6) is 11.5 Å². The Labute approximate surface area is 102 Å². The lowest BCUT2D eigenvalue weighted by Crippen LogP contribution is -2.33. The fourth-order valence-corrected chi connectivity index (χ4v) is 2.43. The first kappa shape index (κ1) is 12.2. The molecule has 4 heteroatoms. The third-order valence-corrected chi connectivity index (χ3v) is 3.47. The zero-order chi connectivity index (χ0) is 12.3. The van der Waals surface area contributed by atoms with Gasteiger partial charge in [0.15, 0.2) is 0 Å². The normalized spacial score (nSPS) is 18.9. The van der Waals surface area contributed by atoms with E-state index in [0.29, 0.717) is 11.7 Å². The van der Waals surface area contributed by atoms with Crippen molar-refractivity contribution in [2.45, 2.75) is 18.9 Å². The van der Waals surface area contributed by atoms with Gasteiger partial charge < -0.3 is 20.9 Å². The summed E-state index contributed by atoms with van der Waals surface area (Å²) in [5, 5.41) is 12.8. The van der Waals surface area contributed by atoms with E-state index >= 15 is 0 Å². The standard InChI is InChI=1S/C13H20N2O2/c1-17-12-8-10(16)2-3-11(12)13(14)9-4-6-15-7-5-9/h2-3,8-9,13,15-16H,4-7,14H2,1H3/t13-/m1/s1. The van der Waals surface area contributed by atoms with E-state index in [0.717, 1.165) is 31.5 Å². The number of piperidine rings is 1. The summed E-state index contributed by atoms with van der Waals surface area (Å²) < 4.78 is 5.28. The van der Waals surface area contributed by atoms with Gasteiger partial charge in [0.2, 0.25) is 0 Å². The molecule has 0 aliphatic carbocycles. The number of hydrogen-bond acceptors (Lipinski definition) is 4. The molecule has 0 bridgehead atoms. The molecule has 17 heavy (non-hydrogen) atoms. The molecule has 1 aliphatic rings. The molecule has 0 saturated carbocycles. The summed E-state index contributed by atoms with van der Waals surface area (Å²) in [5.74, 6) is 1.37. The van der Waals surface area contributed by atoms with Crippen molar-refractivity contribution in [2.24, 2.45) is 11.7 Å². The van der Waals surface area contributed by atoms with Gasteiger partial charge in [-0.1, -0.05) is 6.07 Å². The Hall–Kier alpha value is -1.26. The van der Waals surface area contributed by atoms with Crippen molar-refractivity contribution in [3.63, 3.8) is 0 Å². The number of phenols is 1. The van der Waals surface area contributed by atoms with E-state index in [1.165, 1.54) is 0 Å². The Morgan fingerprint density at radius 2 is 2.12 bits per heavy atom. The fourth-order valence-electron chi connectivity index (χ4n) is 2.43. The number of phenolic OH excluding ortho intramolecular Hbond substituents is 1. The van der Waals surface area contributed by atoms with Crippen LogP contribution in [0.1, 0.15) is 24.4 Å². The molecule has 1 fully saturated rings. The summed E-state index contributed by atoms with van der Waals surface area (Å²) in [6, 6.07) is 5.13. The van der Waals surface area contributed by atoms with Crippen LogP contribution in [0, 0.1) is 5.92 Å². The maximum atomic E-state index is 9.43. The predicted molar refractivity (Wildman–Crippen MR) is 67.2 cm³/mol. The quantitative estimate of drug-likeness (QED) is 0.742. The van der Waals surface area contributed by atoms with E-state index in [4.69, 9.17) is 10.5 Å². The number of aromatic hydroxyl groups is 1. The van der Waals surface area contributed by atoms with Gasteiger partial charge in [0.1, 0.15) is 11.5 Å². The molecule has 0 spiro atoms. The van der Waals surface area contributed by atoms with E-state index in [1.54, 1.807) is 19.2 Å². The Morgan fingerprint density at radius 1 is 1.41 bits per heavy atom. The second kappa shape index (κ2) is 5.38. The molecule has 1 atom stereocenters. The number of methoxy groups -OCH3 is 1. The highest BCUT2D eigenvalue weighted by atomic mass is 16.5. The van der Waals surface area contributed by atoms with Gasteiger partial charge in [-0.3, -0.25) is 0 Å². The molecule has 0 radical (unpaired) electrons. The predicted octanol–water partition coefficient (Wildman–Crippen LogP) is 1.40. The van der Waals surface area contributed by atoms with Crippen LogP contribution in [-0.2, 0) is 0 Å². The molecule has 1 aromatic carbocycles. The van der Waals surface area contributed by atoms with Crippen molar-refractivity contribution in [3.05, 3.63) is 23.8 Å². The molecule has 4 N–H and O–H groups in total. The number of rotatable bonds is 3. The minimum Gasteiger partial charge on any atom is -0.508 e. The summed E-state index contributed by atoms with van der Waals surface area (Å²) in [6.07, 6.45) is 2.18. The summed E-state index contributed by atoms with van der Waals surface area (Å²) >= 11 is 0. The van der Waals surface area contributed by atoms with Crippen molar-refractivity contribution in [1.29, 1.82) is 0 Å². The Kier molecular flexibility index (Phi) is 3.86. The number of nitrogens with two attached hydrogens (primary N) is 1. The highest BCUT2D eigenvalue weighted by Gasteiger charge is 2.24. The molecule has 1 heterocycles. The maximum Gasteiger partial charge on any atom is 0.127 e. The third kappa shape index (κ3) is 2.70. The molecular formula is C13H20N2O2. The average Bonchev–Trinajstić information content (AvgIpc) is 2.39. The van der Waals surface area contributed by atoms with Crippen LogP contribution >= 0.6 is 0 Å². The summed E-state index contributed by atoms with van der Waals surface area (Å²) in [4.78, 5) is 0. The minimum absolute atomic E-state index is 0.0207. The fraction of sp³-hybridized carbons (Fsp3) is 0.538. The van der Waals surface area contributed by atoms with Gasteiger partial charge in [-0.2, -0.15) is 0 Å². The van der Waals surface area contributed by atoms with Crippen LogP contribution < -0.4 is 15.8 Å². The van der Waals surface area contributed by atoms with Crippen molar-refractivity contribution < 1.29 is 9.84 Å². The lowest BCUT2D eigenvalue weighted by atomic mass is 9.86. The molecular weight excluding hydrogens is 216 g/mol. The smallest absolute Gasteiger partial charge is 0.127 e. The van der Waals surface area contributed by atoms with Crippen LogP contribution in [0.2, 0.25) is 0 Å². The molecule has 1 saturated heterocycles. The first-order valence-corrected chi connectivity index (χ1v) is 6.05. The number of benzene rings is 1. The molecule has 94 valence electrons. The zero-order valence-electron chi connectivity index (χ0n) is 10.1. The topological polar surface area (TPSA) is 67.5 Å². The lowest BCUT2D eigenvalue weighted by Gasteiger charge is -2.29. The van der Waals surface area contributed by atoms with Crippen molar-refractivity contribution in [2.75, 3.05) is 20.2 Å². The summed E-state index contributed by atoms with van der Waals surface area (Å²) in [7, 11) is 1.60. The van der Waals surface area contributed by atoms with E-state index < -0.39 is 0 Å². The number of ether oxygens (including phenoxy) is 1. The molecule has 0 amide bonds. The SMILES string of the molecule is COc1cc(O)ccc1[C@H](N)C1CCNCC1. The molecule has 0 unspecified atom stereocenters. The monoisotopic (exact) mass is 236 g/mol. The molecule has 4 nitrogen and oxygen atoms in total. The van der Waals surface area contributed by atoms with Gasteiger partial charge in [-0.15, -0.1) is 0 Å². The van der Waals surface area contributed by atoms with Crippen LogP contribution in [0.15, 0.2) is 18.2 Å². The highest BCUT2D eigenvalue weighted by molar-refractivity contribution is 5.42. The van der Waals surface area contributed by atoms with Crippen molar-refractivity contribution in [1.82, 2.24) is 5.32 Å². The molecule has 1 aliphatic heterocycles. The van der Waals surface area contributed by atoms with Crippen LogP contribution in [-0.4, -0.2) is 25.3 Å². The van der Waals surface area contributed by atoms with Gasteiger partial charge >= 0.3 is 0 Å². The largest absolute Gasteiger partial charge is 0.508 e. The Morgan fingerprint density at radius 3 is 2.76 bits per heavy atom. The van der Waals surface area contributed by atoms with Crippen molar-refractivity contribution in [3.8, 4) is 11.5 Å². The molecule has 0 aromatic heterocycles. The highest BCUT2D eigenvalue weighted by Crippen LogP contribution is 2.34. The Bertz CT molecular complexity index is 376. The number of hydrogen-bond donors (Lipinski definition) is 3. The van der Waals surface area contributed by atoms with Crippen molar-refractivity contribution >= 4 is 0 Å². The average molecular weight is 236 g/mol. The number of nitrogens with one attached hydrogen (secondary N) is 1. The van der Waals surface area contributed by atoms with Gasteiger partial charge in [0.25, 0.3) is 0 Å². The summed E-state index contributed by atoms with van der Waals surface area (Å²) in [5.41, 5.74) is 7.29.